The van der Waals surface area contributed by atoms with E-state index < -0.39 is 0 Å². The fourth-order valence-electron chi connectivity index (χ4n) is 2.01. The van der Waals surface area contributed by atoms with E-state index in [9.17, 15) is 0 Å². The van der Waals surface area contributed by atoms with Gasteiger partial charge in [0, 0.05) is 12.2 Å². The summed E-state index contributed by atoms with van der Waals surface area (Å²) >= 11 is 0. The van der Waals surface area contributed by atoms with Crippen LogP contribution in [0.2, 0.25) is 0 Å². The first kappa shape index (κ1) is 14.0. The third-order valence-corrected chi connectivity index (χ3v) is 3.34. The Labute approximate surface area is 106 Å². The molecular formula is C15H26N2. The molecule has 17 heavy (non-hydrogen) atoms. The van der Waals surface area contributed by atoms with Gasteiger partial charge in [-0.05, 0) is 36.4 Å². The molecule has 0 amide bonds. The van der Waals surface area contributed by atoms with Gasteiger partial charge in [-0.1, -0.05) is 45.4 Å². The quantitative estimate of drug-likeness (QED) is 0.760. The van der Waals surface area contributed by atoms with Gasteiger partial charge in [-0.15, -0.1) is 0 Å². The Balaban J connectivity index is 2.61. The minimum atomic E-state index is 0.546. The summed E-state index contributed by atoms with van der Waals surface area (Å²) in [4.78, 5) is 0. The molecule has 0 aromatic heterocycles. The molecule has 0 bridgehead atoms. The number of nitrogens with one attached hydrogen (secondary N) is 1. The van der Waals surface area contributed by atoms with Crippen LogP contribution in [0.15, 0.2) is 24.3 Å². The Morgan fingerprint density at radius 1 is 1.24 bits per heavy atom. The Morgan fingerprint density at radius 3 is 2.53 bits per heavy atom. The van der Waals surface area contributed by atoms with E-state index in [0.717, 1.165) is 19.5 Å². The van der Waals surface area contributed by atoms with Crippen LogP contribution >= 0.6 is 0 Å². The normalized spacial score (nSPS) is 12.8. The summed E-state index contributed by atoms with van der Waals surface area (Å²) in [5.41, 5.74) is 8.48. The molecule has 1 aromatic rings. The second-order valence-electron chi connectivity index (χ2n) is 5.03. The highest BCUT2D eigenvalue weighted by atomic mass is 14.9. The van der Waals surface area contributed by atoms with Crippen molar-refractivity contribution >= 4 is 5.69 Å². The molecule has 1 aromatic carbocycles. The van der Waals surface area contributed by atoms with Crippen molar-refractivity contribution in [2.75, 3.05) is 18.4 Å². The van der Waals surface area contributed by atoms with Crippen molar-refractivity contribution in [1.82, 2.24) is 0 Å². The fourth-order valence-corrected chi connectivity index (χ4v) is 2.01. The number of rotatable bonds is 7. The van der Waals surface area contributed by atoms with E-state index in [-0.39, 0.29) is 0 Å². The van der Waals surface area contributed by atoms with Gasteiger partial charge in [0.25, 0.3) is 0 Å². The van der Waals surface area contributed by atoms with Crippen LogP contribution in [-0.4, -0.2) is 13.1 Å². The zero-order valence-corrected chi connectivity index (χ0v) is 11.4. The minimum absolute atomic E-state index is 0.546. The van der Waals surface area contributed by atoms with Crippen LogP contribution in [0.3, 0.4) is 0 Å². The predicted molar refractivity (Wildman–Crippen MR) is 76.3 cm³/mol. The molecule has 0 saturated carbocycles. The van der Waals surface area contributed by atoms with Crippen molar-refractivity contribution in [3.63, 3.8) is 0 Å². The SMILES string of the molecule is CCCc1ccccc1NCC(CN)C(C)C. The Kier molecular flexibility index (Phi) is 6.06. The van der Waals surface area contributed by atoms with E-state index in [2.05, 4.69) is 50.4 Å². The van der Waals surface area contributed by atoms with Gasteiger partial charge in [-0.2, -0.15) is 0 Å². The summed E-state index contributed by atoms with van der Waals surface area (Å²) in [6.45, 7) is 8.40. The largest absolute Gasteiger partial charge is 0.384 e. The molecule has 2 heteroatoms. The monoisotopic (exact) mass is 234 g/mol. The first-order valence-corrected chi connectivity index (χ1v) is 6.70. The van der Waals surface area contributed by atoms with Crippen molar-refractivity contribution in [2.45, 2.75) is 33.6 Å². The zero-order chi connectivity index (χ0) is 12.7. The number of hydrogen-bond acceptors (Lipinski definition) is 2. The Hall–Kier alpha value is -1.02. The van der Waals surface area contributed by atoms with E-state index in [1.54, 1.807) is 0 Å². The highest BCUT2D eigenvalue weighted by molar-refractivity contribution is 5.51. The lowest BCUT2D eigenvalue weighted by molar-refractivity contribution is 0.413. The summed E-state index contributed by atoms with van der Waals surface area (Å²) in [5.74, 6) is 1.18. The number of benzene rings is 1. The molecule has 0 spiro atoms. The van der Waals surface area contributed by atoms with E-state index in [1.165, 1.54) is 17.7 Å². The van der Waals surface area contributed by atoms with Crippen molar-refractivity contribution in [1.29, 1.82) is 0 Å². The van der Waals surface area contributed by atoms with Crippen LogP contribution < -0.4 is 11.1 Å². The molecule has 0 saturated heterocycles. The number of anilines is 1. The standard InChI is InChI=1S/C15H26N2/c1-4-7-13-8-5-6-9-15(13)17-11-14(10-16)12(2)3/h5-6,8-9,12,14,17H,4,7,10-11,16H2,1-3H3. The van der Waals surface area contributed by atoms with Crippen molar-refractivity contribution < 1.29 is 0 Å². The molecule has 0 fully saturated rings. The lowest BCUT2D eigenvalue weighted by atomic mass is 9.96. The second kappa shape index (κ2) is 7.33. The van der Waals surface area contributed by atoms with Crippen LogP contribution in [0.5, 0.6) is 0 Å². The van der Waals surface area contributed by atoms with Gasteiger partial charge in [0.1, 0.15) is 0 Å². The average molecular weight is 234 g/mol. The van der Waals surface area contributed by atoms with E-state index in [0.29, 0.717) is 11.8 Å². The molecule has 96 valence electrons. The highest BCUT2D eigenvalue weighted by Gasteiger charge is 2.11. The average Bonchev–Trinajstić information content (AvgIpc) is 2.32. The molecule has 1 rings (SSSR count). The number of nitrogens with two attached hydrogens (primary N) is 1. The molecule has 3 N–H and O–H groups in total. The van der Waals surface area contributed by atoms with E-state index >= 15 is 0 Å². The maximum Gasteiger partial charge on any atom is 0.0372 e. The lowest BCUT2D eigenvalue weighted by Crippen LogP contribution is -2.27. The second-order valence-corrected chi connectivity index (χ2v) is 5.03. The summed E-state index contributed by atoms with van der Waals surface area (Å²) in [6.07, 6.45) is 2.32. The minimum Gasteiger partial charge on any atom is -0.384 e. The van der Waals surface area contributed by atoms with Gasteiger partial charge in [-0.25, -0.2) is 0 Å². The van der Waals surface area contributed by atoms with Gasteiger partial charge < -0.3 is 11.1 Å². The molecule has 1 unspecified atom stereocenters. The molecule has 2 nitrogen and oxygen atoms in total. The summed E-state index contributed by atoms with van der Waals surface area (Å²) in [7, 11) is 0. The maximum atomic E-state index is 5.79. The molecule has 0 heterocycles. The van der Waals surface area contributed by atoms with Crippen molar-refractivity contribution in [3.05, 3.63) is 29.8 Å². The summed E-state index contributed by atoms with van der Waals surface area (Å²) < 4.78 is 0. The Morgan fingerprint density at radius 2 is 1.94 bits per heavy atom. The summed E-state index contributed by atoms with van der Waals surface area (Å²) in [6, 6.07) is 8.57. The highest BCUT2D eigenvalue weighted by Crippen LogP contribution is 2.18. The molecule has 0 aliphatic rings. The van der Waals surface area contributed by atoms with Crippen molar-refractivity contribution in [3.8, 4) is 0 Å². The molecular weight excluding hydrogens is 208 g/mol. The van der Waals surface area contributed by atoms with E-state index in [4.69, 9.17) is 5.73 Å². The van der Waals surface area contributed by atoms with Gasteiger partial charge >= 0.3 is 0 Å². The topological polar surface area (TPSA) is 38.0 Å². The van der Waals surface area contributed by atoms with Gasteiger partial charge in [0.05, 0.1) is 0 Å². The zero-order valence-electron chi connectivity index (χ0n) is 11.4. The fraction of sp³-hybridized carbons (Fsp3) is 0.600. The van der Waals surface area contributed by atoms with Crippen LogP contribution in [0.4, 0.5) is 5.69 Å². The van der Waals surface area contributed by atoms with Gasteiger partial charge in [-0.3, -0.25) is 0 Å². The molecule has 0 aliphatic carbocycles. The first-order valence-electron chi connectivity index (χ1n) is 6.70. The smallest absolute Gasteiger partial charge is 0.0372 e. The lowest BCUT2D eigenvalue weighted by Gasteiger charge is -2.21. The maximum absolute atomic E-state index is 5.79. The van der Waals surface area contributed by atoms with Gasteiger partial charge in [0.2, 0.25) is 0 Å². The number of aryl methyl sites for hydroxylation is 1. The molecule has 1 atom stereocenters. The van der Waals surface area contributed by atoms with Crippen LogP contribution in [0, 0.1) is 11.8 Å². The van der Waals surface area contributed by atoms with Crippen LogP contribution in [0.1, 0.15) is 32.8 Å². The summed E-state index contributed by atoms with van der Waals surface area (Å²) in [5, 5.41) is 3.55. The molecule has 0 radical (unpaired) electrons. The van der Waals surface area contributed by atoms with Crippen LogP contribution in [-0.2, 0) is 6.42 Å². The first-order chi connectivity index (χ1) is 8.19. The number of para-hydroxylation sites is 1. The van der Waals surface area contributed by atoms with Gasteiger partial charge in [0.15, 0.2) is 0 Å². The Bertz CT molecular complexity index is 320. The molecule has 0 aliphatic heterocycles. The van der Waals surface area contributed by atoms with Crippen LogP contribution in [0.25, 0.3) is 0 Å². The third kappa shape index (κ3) is 4.39. The predicted octanol–water partition coefficient (Wildman–Crippen LogP) is 3.28. The van der Waals surface area contributed by atoms with Crippen molar-refractivity contribution in [2.24, 2.45) is 17.6 Å². The third-order valence-electron chi connectivity index (χ3n) is 3.34. The van der Waals surface area contributed by atoms with E-state index in [1.807, 2.05) is 0 Å². The number of hydrogen-bond donors (Lipinski definition) is 2.